The van der Waals surface area contributed by atoms with Crippen molar-refractivity contribution in [2.75, 3.05) is 31.9 Å². The van der Waals surface area contributed by atoms with Crippen LogP contribution < -0.4 is 11.1 Å². The number of nitrogens with one attached hydrogen (secondary N) is 1. The number of hydrogen-bond acceptors (Lipinski definition) is 4. The molecule has 0 atom stereocenters. The van der Waals surface area contributed by atoms with Crippen molar-refractivity contribution >= 4 is 23.1 Å². The van der Waals surface area contributed by atoms with Gasteiger partial charge in [0.1, 0.15) is 0 Å². The van der Waals surface area contributed by atoms with Gasteiger partial charge >= 0.3 is 12.1 Å². The maximum absolute atomic E-state index is 11.4. The second kappa shape index (κ2) is 9.78. The van der Waals surface area contributed by atoms with Crippen LogP contribution in [0.4, 0.5) is 18.9 Å². The largest absolute Gasteiger partial charge is 0.490 e. The number of rotatable bonds is 2. The number of halogens is 3. The van der Waals surface area contributed by atoms with Gasteiger partial charge in [-0.3, -0.25) is 4.79 Å². The molecule has 4 N–H and O–H groups in total. The summed E-state index contributed by atoms with van der Waals surface area (Å²) in [7, 11) is 0. The van der Waals surface area contributed by atoms with Crippen molar-refractivity contribution in [2.24, 2.45) is 0 Å². The van der Waals surface area contributed by atoms with Gasteiger partial charge in [-0.25, -0.2) is 4.79 Å². The van der Waals surface area contributed by atoms with E-state index in [1.165, 1.54) is 16.7 Å². The summed E-state index contributed by atoms with van der Waals surface area (Å²) in [5, 5.41) is 10.5. The number of anilines is 1. The molecule has 6 nitrogen and oxygen atoms in total. The molecule has 0 aliphatic carbocycles. The van der Waals surface area contributed by atoms with Crippen LogP contribution in [0.15, 0.2) is 24.3 Å². The summed E-state index contributed by atoms with van der Waals surface area (Å²) in [4.78, 5) is 22.3. The molecule has 1 amide bonds. The first-order valence-corrected chi connectivity index (χ1v) is 9.44. The molecular formula is C20H26F3N3O3. The minimum absolute atomic E-state index is 0.190. The van der Waals surface area contributed by atoms with Gasteiger partial charge in [-0.15, -0.1) is 0 Å². The summed E-state index contributed by atoms with van der Waals surface area (Å²) in [6, 6.07) is 6.46. The number of carboxylic acids is 1. The van der Waals surface area contributed by atoms with Crippen LogP contribution in [0.5, 0.6) is 0 Å². The van der Waals surface area contributed by atoms with Gasteiger partial charge in [-0.1, -0.05) is 12.1 Å². The van der Waals surface area contributed by atoms with E-state index in [4.69, 9.17) is 15.6 Å². The summed E-state index contributed by atoms with van der Waals surface area (Å²) >= 11 is 0. The molecule has 0 aromatic heterocycles. The Kier molecular flexibility index (Phi) is 7.66. The Bertz CT molecular complexity index is 770. The molecule has 0 saturated carbocycles. The number of hydrogen-bond donors (Lipinski definition) is 3. The topological polar surface area (TPSA) is 95.7 Å². The van der Waals surface area contributed by atoms with Gasteiger partial charge in [0.25, 0.3) is 0 Å². The standard InChI is InChI=1S/C18H25N3O.C2HF3O2/c1-13(22)21-9-6-14(7-10-21)15-4-5-18(19)17(11-15)16-3-2-8-20-12-16;3-2(4,5)1(6)7/h3-5,11,14,20H,2,6-10,12,19H2,1H3;(H,6,7). The number of nitrogen functional groups attached to an aromatic ring is 1. The molecule has 0 bridgehead atoms. The van der Waals surface area contributed by atoms with Gasteiger partial charge in [-0.05, 0) is 55.0 Å². The lowest BCUT2D eigenvalue weighted by Gasteiger charge is -2.32. The average molecular weight is 413 g/mol. The van der Waals surface area contributed by atoms with Crippen LogP contribution >= 0.6 is 0 Å². The van der Waals surface area contributed by atoms with Crippen LogP contribution in [0.25, 0.3) is 5.57 Å². The normalized spacial score (nSPS) is 17.8. The van der Waals surface area contributed by atoms with E-state index in [0.717, 1.165) is 51.1 Å². The summed E-state index contributed by atoms with van der Waals surface area (Å²) in [5.41, 5.74) is 10.9. The smallest absolute Gasteiger partial charge is 0.475 e. The van der Waals surface area contributed by atoms with Crippen molar-refractivity contribution in [3.63, 3.8) is 0 Å². The van der Waals surface area contributed by atoms with Gasteiger partial charge in [0, 0.05) is 37.8 Å². The minimum Gasteiger partial charge on any atom is -0.475 e. The van der Waals surface area contributed by atoms with E-state index in [9.17, 15) is 18.0 Å². The van der Waals surface area contributed by atoms with Crippen LogP contribution in [0.3, 0.4) is 0 Å². The zero-order chi connectivity index (χ0) is 21.6. The first kappa shape index (κ1) is 22.7. The van der Waals surface area contributed by atoms with Gasteiger partial charge in [0.2, 0.25) is 5.91 Å². The van der Waals surface area contributed by atoms with E-state index in [1.54, 1.807) is 6.92 Å². The Hall–Kier alpha value is -2.55. The lowest BCUT2D eigenvalue weighted by Crippen LogP contribution is -2.36. The van der Waals surface area contributed by atoms with Gasteiger partial charge < -0.3 is 21.1 Å². The number of carbonyl (C=O) groups is 2. The Morgan fingerprint density at radius 2 is 1.86 bits per heavy atom. The molecule has 0 unspecified atom stereocenters. The fourth-order valence-corrected chi connectivity index (χ4v) is 3.48. The lowest BCUT2D eigenvalue weighted by molar-refractivity contribution is -0.192. The Labute approximate surface area is 167 Å². The average Bonchev–Trinajstić information content (AvgIpc) is 2.69. The van der Waals surface area contributed by atoms with E-state index in [1.807, 2.05) is 11.0 Å². The van der Waals surface area contributed by atoms with E-state index in [2.05, 4.69) is 23.5 Å². The number of aliphatic carboxylic acids is 1. The van der Waals surface area contributed by atoms with Gasteiger partial charge in [0.05, 0.1) is 0 Å². The number of nitrogens with two attached hydrogens (primary N) is 1. The van der Waals surface area contributed by atoms with Crippen molar-refractivity contribution < 1.29 is 27.9 Å². The number of carbonyl (C=O) groups excluding carboxylic acids is 1. The lowest BCUT2D eigenvalue weighted by atomic mass is 9.87. The molecule has 2 aliphatic heterocycles. The molecule has 1 aromatic carbocycles. The van der Waals surface area contributed by atoms with Crippen LogP contribution in [-0.4, -0.2) is 54.2 Å². The molecule has 1 fully saturated rings. The minimum atomic E-state index is -5.08. The Morgan fingerprint density at radius 1 is 1.24 bits per heavy atom. The third-order valence-electron chi connectivity index (χ3n) is 5.10. The summed E-state index contributed by atoms with van der Waals surface area (Å²) in [6.45, 7) is 5.33. The van der Waals surface area contributed by atoms with Crippen molar-refractivity contribution in [1.29, 1.82) is 0 Å². The van der Waals surface area contributed by atoms with E-state index in [0.29, 0.717) is 5.92 Å². The summed E-state index contributed by atoms with van der Waals surface area (Å²) in [5.74, 6) is -2.03. The highest BCUT2D eigenvalue weighted by molar-refractivity contribution is 5.77. The molecule has 29 heavy (non-hydrogen) atoms. The van der Waals surface area contributed by atoms with Gasteiger partial charge in [-0.2, -0.15) is 13.2 Å². The van der Waals surface area contributed by atoms with Crippen LogP contribution in [0.1, 0.15) is 43.2 Å². The highest BCUT2D eigenvalue weighted by atomic mass is 19.4. The first-order chi connectivity index (χ1) is 13.6. The predicted molar refractivity (Wildman–Crippen MR) is 104 cm³/mol. The fourth-order valence-electron chi connectivity index (χ4n) is 3.48. The second-order valence-electron chi connectivity index (χ2n) is 7.12. The molecule has 160 valence electrons. The number of amides is 1. The zero-order valence-electron chi connectivity index (χ0n) is 16.3. The van der Waals surface area contributed by atoms with Crippen LogP contribution in [-0.2, 0) is 9.59 Å². The van der Waals surface area contributed by atoms with E-state index < -0.39 is 12.1 Å². The Morgan fingerprint density at radius 3 is 2.34 bits per heavy atom. The maximum atomic E-state index is 11.4. The number of carboxylic acid groups (broad SMARTS) is 1. The van der Waals surface area contributed by atoms with Crippen molar-refractivity contribution in [1.82, 2.24) is 10.2 Å². The Balaban J connectivity index is 0.000000370. The molecular weight excluding hydrogens is 387 g/mol. The number of benzene rings is 1. The summed E-state index contributed by atoms with van der Waals surface area (Å²) < 4.78 is 31.7. The maximum Gasteiger partial charge on any atom is 0.490 e. The molecule has 1 aromatic rings. The second-order valence-corrected chi connectivity index (χ2v) is 7.12. The molecule has 3 rings (SSSR count). The highest BCUT2D eigenvalue weighted by Gasteiger charge is 2.38. The zero-order valence-corrected chi connectivity index (χ0v) is 16.3. The molecule has 0 spiro atoms. The van der Waals surface area contributed by atoms with E-state index in [-0.39, 0.29) is 5.91 Å². The number of piperidine rings is 1. The molecule has 2 aliphatic rings. The monoisotopic (exact) mass is 413 g/mol. The quantitative estimate of drug-likeness (QED) is 0.648. The van der Waals surface area contributed by atoms with Crippen molar-refractivity contribution in [2.45, 2.75) is 38.3 Å². The molecule has 9 heteroatoms. The molecule has 2 heterocycles. The molecule has 0 radical (unpaired) electrons. The third-order valence-corrected chi connectivity index (χ3v) is 5.10. The molecule has 1 saturated heterocycles. The van der Waals surface area contributed by atoms with Crippen molar-refractivity contribution in [3.8, 4) is 0 Å². The van der Waals surface area contributed by atoms with E-state index >= 15 is 0 Å². The number of likely N-dealkylation sites (tertiary alicyclic amines) is 1. The first-order valence-electron chi connectivity index (χ1n) is 9.44. The number of nitrogens with zero attached hydrogens (tertiary/aromatic N) is 1. The fraction of sp³-hybridized carbons (Fsp3) is 0.500. The predicted octanol–water partition coefficient (Wildman–Crippen LogP) is 3.00. The third kappa shape index (κ3) is 6.49. The SMILES string of the molecule is CC(=O)N1CCC(c2ccc(N)c(C3=CCCNC3)c2)CC1.O=C(O)C(F)(F)F. The number of alkyl halides is 3. The van der Waals surface area contributed by atoms with Crippen LogP contribution in [0, 0.1) is 0 Å². The van der Waals surface area contributed by atoms with Crippen LogP contribution in [0.2, 0.25) is 0 Å². The summed E-state index contributed by atoms with van der Waals surface area (Å²) in [6.07, 6.45) is 0.362. The van der Waals surface area contributed by atoms with Crippen molar-refractivity contribution in [3.05, 3.63) is 35.4 Å². The highest BCUT2D eigenvalue weighted by Crippen LogP contribution is 2.32. The van der Waals surface area contributed by atoms with Gasteiger partial charge in [0.15, 0.2) is 0 Å².